The van der Waals surface area contributed by atoms with Crippen molar-refractivity contribution in [1.82, 2.24) is 19.5 Å². The lowest BCUT2D eigenvalue weighted by atomic mass is 10.3. The van der Waals surface area contributed by atoms with E-state index in [-0.39, 0.29) is 5.38 Å². The highest BCUT2D eigenvalue weighted by Gasteiger charge is 2.17. The Hall–Kier alpha value is -0.980. The van der Waals surface area contributed by atoms with Crippen molar-refractivity contribution in [2.75, 3.05) is 0 Å². The molecule has 0 spiro atoms. The van der Waals surface area contributed by atoms with Gasteiger partial charge < -0.3 is 4.57 Å². The maximum absolute atomic E-state index is 6.26. The minimum atomic E-state index is -0.170. The molecule has 0 aliphatic rings. The fraction of sp³-hybridized carbons (Fsp3) is 0.308. The van der Waals surface area contributed by atoms with E-state index in [0.717, 1.165) is 27.2 Å². The standard InChI is InChI=1S/C13H12BrClN4S/c1-7(15)12-18-10-3-9(14)4-16-13(10)19(12)5-11-8(2)17-6-20-11/h3-4,6-7H,5H2,1-2H3. The molecule has 0 bridgehead atoms. The molecule has 1 atom stereocenters. The van der Waals surface area contributed by atoms with Crippen molar-refractivity contribution >= 4 is 50.0 Å². The summed E-state index contributed by atoms with van der Waals surface area (Å²) in [6, 6.07) is 1.96. The maximum Gasteiger partial charge on any atom is 0.160 e. The van der Waals surface area contributed by atoms with Crippen LogP contribution < -0.4 is 0 Å². The van der Waals surface area contributed by atoms with E-state index in [1.165, 1.54) is 4.88 Å². The zero-order chi connectivity index (χ0) is 14.3. The van der Waals surface area contributed by atoms with Gasteiger partial charge in [0.1, 0.15) is 11.3 Å². The molecule has 0 amide bonds. The molecule has 0 aromatic carbocycles. The van der Waals surface area contributed by atoms with Crippen LogP contribution in [0.3, 0.4) is 0 Å². The largest absolute Gasteiger partial charge is 0.306 e. The van der Waals surface area contributed by atoms with Crippen molar-refractivity contribution in [1.29, 1.82) is 0 Å². The van der Waals surface area contributed by atoms with E-state index < -0.39 is 0 Å². The molecule has 0 saturated heterocycles. The van der Waals surface area contributed by atoms with Crippen molar-refractivity contribution in [2.45, 2.75) is 25.8 Å². The van der Waals surface area contributed by atoms with Crippen LogP contribution in [0, 0.1) is 6.92 Å². The Kier molecular flexibility index (Phi) is 3.79. The van der Waals surface area contributed by atoms with Crippen molar-refractivity contribution < 1.29 is 0 Å². The third-order valence-electron chi connectivity index (χ3n) is 3.08. The molecule has 3 aromatic rings. The number of aryl methyl sites for hydroxylation is 1. The Bertz CT molecular complexity index is 765. The van der Waals surface area contributed by atoms with Gasteiger partial charge in [-0.25, -0.2) is 15.0 Å². The Balaban J connectivity index is 2.16. The molecule has 20 heavy (non-hydrogen) atoms. The lowest BCUT2D eigenvalue weighted by molar-refractivity contribution is 0.739. The van der Waals surface area contributed by atoms with Crippen molar-refractivity contribution in [2.24, 2.45) is 0 Å². The number of alkyl halides is 1. The maximum atomic E-state index is 6.26. The number of nitrogens with zero attached hydrogens (tertiary/aromatic N) is 4. The third-order valence-corrected chi connectivity index (χ3v) is 4.63. The van der Waals surface area contributed by atoms with Gasteiger partial charge in [0.25, 0.3) is 0 Å². The number of rotatable bonds is 3. The zero-order valence-electron chi connectivity index (χ0n) is 11.0. The molecule has 7 heteroatoms. The molecule has 0 radical (unpaired) electrons. The first-order chi connectivity index (χ1) is 9.56. The van der Waals surface area contributed by atoms with Crippen LogP contribution in [-0.2, 0) is 6.54 Å². The first kappa shape index (κ1) is 14.0. The molecule has 0 N–H and O–H groups in total. The summed E-state index contributed by atoms with van der Waals surface area (Å²) < 4.78 is 2.98. The molecule has 4 nitrogen and oxygen atoms in total. The summed E-state index contributed by atoms with van der Waals surface area (Å²) in [5, 5.41) is -0.170. The average molecular weight is 372 g/mol. The van der Waals surface area contributed by atoms with Gasteiger partial charge in [0.2, 0.25) is 0 Å². The number of hydrogen-bond donors (Lipinski definition) is 0. The minimum absolute atomic E-state index is 0.170. The van der Waals surface area contributed by atoms with Gasteiger partial charge in [-0.1, -0.05) is 0 Å². The van der Waals surface area contributed by atoms with Crippen LogP contribution in [0.1, 0.15) is 28.7 Å². The summed E-state index contributed by atoms with van der Waals surface area (Å²) >= 11 is 11.3. The smallest absolute Gasteiger partial charge is 0.160 e. The lowest BCUT2D eigenvalue weighted by Gasteiger charge is -2.09. The normalized spacial score (nSPS) is 13.0. The fourth-order valence-electron chi connectivity index (χ4n) is 2.09. The van der Waals surface area contributed by atoms with Gasteiger partial charge in [0.15, 0.2) is 5.65 Å². The Morgan fingerprint density at radius 2 is 2.25 bits per heavy atom. The van der Waals surface area contributed by atoms with E-state index in [1.807, 2.05) is 25.4 Å². The quantitative estimate of drug-likeness (QED) is 0.644. The van der Waals surface area contributed by atoms with Gasteiger partial charge in [-0.15, -0.1) is 22.9 Å². The van der Waals surface area contributed by atoms with Crippen molar-refractivity contribution in [3.05, 3.63) is 38.6 Å². The van der Waals surface area contributed by atoms with Crippen LogP contribution in [0.4, 0.5) is 0 Å². The highest BCUT2D eigenvalue weighted by atomic mass is 79.9. The summed E-state index contributed by atoms with van der Waals surface area (Å²) in [6.45, 7) is 4.64. The summed E-state index contributed by atoms with van der Waals surface area (Å²) in [5.74, 6) is 0.833. The van der Waals surface area contributed by atoms with E-state index in [0.29, 0.717) is 6.54 Å². The monoisotopic (exact) mass is 370 g/mol. The molecule has 0 aliphatic heterocycles. The molecule has 0 saturated carbocycles. The highest BCUT2D eigenvalue weighted by Crippen LogP contribution is 2.27. The second kappa shape index (κ2) is 5.42. The van der Waals surface area contributed by atoms with Crippen LogP contribution in [0.25, 0.3) is 11.2 Å². The van der Waals surface area contributed by atoms with Crippen molar-refractivity contribution in [3.63, 3.8) is 0 Å². The lowest BCUT2D eigenvalue weighted by Crippen LogP contribution is -2.06. The van der Waals surface area contributed by atoms with Gasteiger partial charge in [-0.2, -0.15) is 0 Å². The summed E-state index contributed by atoms with van der Waals surface area (Å²) in [5.41, 5.74) is 4.60. The van der Waals surface area contributed by atoms with Crippen LogP contribution in [0.2, 0.25) is 0 Å². The highest BCUT2D eigenvalue weighted by molar-refractivity contribution is 9.10. The van der Waals surface area contributed by atoms with E-state index in [1.54, 1.807) is 17.5 Å². The zero-order valence-corrected chi connectivity index (χ0v) is 14.1. The predicted molar refractivity (Wildman–Crippen MR) is 85.4 cm³/mol. The molecule has 3 heterocycles. The first-order valence-corrected chi connectivity index (χ1v) is 8.22. The molecular formula is C13H12BrClN4S. The molecule has 0 aliphatic carbocycles. The van der Waals surface area contributed by atoms with Gasteiger partial charge in [-0.05, 0) is 35.8 Å². The van der Waals surface area contributed by atoms with E-state index in [4.69, 9.17) is 11.6 Å². The Morgan fingerprint density at radius 1 is 1.45 bits per heavy atom. The number of imidazole rings is 1. The van der Waals surface area contributed by atoms with Gasteiger partial charge >= 0.3 is 0 Å². The minimum Gasteiger partial charge on any atom is -0.306 e. The topological polar surface area (TPSA) is 43.6 Å². The van der Waals surface area contributed by atoms with Crippen LogP contribution in [0.5, 0.6) is 0 Å². The van der Waals surface area contributed by atoms with Crippen LogP contribution in [0.15, 0.2) is 22.2 Å². The van der Waals surface area contributed by atoms with Crippen molar-refractivity contribution in [3.8, 4) is 0 Å². The van der Waals surface area contributed by atoms with Gasteiger partial charge in [-0.3, -0.25) is 0 Å². The SMILES string of the molecule is Cc1ncsc1Cn1c(C(C)Cl)nc2cc(Br)cnc21. The van der Waals surface area contributed by atoms with E-state index >= 15 is 0 Å². The summed E-state index contributed by atoms with van der Waals surface area (Å²) in [4.78, 5) is 14.6. The van der Waals surface area contributed by atoms with Gasteiger partial charge in [0.05, 0.1) is 23.1 Å². The number of halogens is 2. The average Bonchev–Trinajstić information content (AvgIpc) is 2.95. The number of thiazole rings is 1. The first-order valence-electron chi connectivity index (χ1n) is 6.11. The fourth-order valence-corrected chi connectivity index (χ4v) is 3.34. The second-order valence-corrected chi connectivity index (χ2v) is 7.04. The molecule has 3 rings (SSSR count). The van der Waals surface area contributed by atoms with Gasteiger partial charge in [0, 0.05) is 15.5 Å². The molecule has 1 unspecified atom stereocenters. The van der Waals surface area contributed by atoms with Crippen LogP contribution in [-0.4, -0.2) is 19.5 Å². The molecular weight excluding hydrogens is 360 g/mol. The van der Waals surface area contributed by atoms with E-state index in [9.17, 15) is 0 Å². The Labute approximate surface area is 134 Å². The number of pyridine rings is 1. The third kappa shape index (κ3) is 2.47. The predicted octanol–water partition coefficient (Wildman–Crippen LogP) is 4.31. The molecule has 0 fully saturated rings. The van der Waals surface area contributed by atoms with Crippen LogP contribution >= 0.6 is 38.9 Å². The number of fused-ring (bicyclic) bond motifs is 1. The second-order valence-electron chi connectivity index (χ2n) is 4.53. The Morgan fingerprint density at radius 3 is 2.90 bits per heavy atom. The summed E-state index contributed by atoms with van der Waals surface area (Å²) in [6.07, 6.45) is 1.78. The number of hydrogen-bond acceptors (Lipinski definition) is 4. The number of aromatic nitrogens is 4. The van der Waals surface area contributed by atoms with E-state index in [2.05, 4.69) is 35.4 Å². The molecule has 104 valence electrons. The molecule has 3 aromatic heterocycles. The summed E-state index contributed by atoms with van der Waals surface area (Å²) in [7, 11) is 0.